The molecule has 1 amide bonds. The molecule has 0 saturated heterocycles. The fourth-order valence-corrected chi connectivity index (χ4v) is 2.79. The number of rotatable bonds is 5. The second-order valence-electron chi connectivity index (χ2n) is 5.54. The van der Waals surface area contributed by atoms with Crippen molar-refractivity contribution in [1.82, 2.24) is 10.6 Å². The lowest BCUT2D eigenvalue weighted by atomic mass is 10.1. The van der Waals surface area contributed by atoms with E-state index in [1.165, 1.54) is 11.1 Å². The largest absolute Gasteiger partial charge is 0.355 e. The highest BCUT2D eigenvalue weighted by Crippen LogP contribution is 2.36. The monoisotopic (exact) mass is 259 g/mol. The molecule has 3 rings (SSSR count). The van der Waals surface area contributed by atoms with Gasteiger partial charge in [0.05, 0.1) is 0 Å². The van der Waals surface area contributed by atoms with Crippen molar-refractivity contribution in [3.63, 3.8) is 0 Å². The lowest BCUT2D eigenvalue weighted by Crippen LogP contribution is -2.34. The van der Waals surface area contributed by atoms with Gasteiger partial charge in [0.15, 0.2) is 0 Å². The Bertz CT molecular complexity index is 470. The number of carbonyl (C=O) groups is 1. The highest BCUT2D eigenvalue weighted by molar-refractivity contribution is 5.80. The van der Waals surface area contributed by atoms with Crippen LogP contribution in [0.2, 0.25) is 0 Å². The minimum absolute atomic E-state index is 0.134. The van der Waals surface area contributed by atoms with Gasteiger partial charge >= 0.3 is 0 Å². The Kier molecular flexibility index (Phi) is 3.53. The van der Waals surface area contributed by atoms with Crippen LogP contribution in [0.3, 0.4) is 0 Å². The summed E-state index contributed by atoms with van der Waals surface area (Å²) in [7, 11) is 0. The molecule has 1 fully saturated rings. The van der Waals surface area contributed by atoms with Crippen LogP contribution in [0.4, 0.5) is 0 Å². The third-order valence-corrected chi connectivity index (χ3v) is 4.02. The molecule has 102 valence electrons. The van der Waals surface area contributed by atoms with Crippen LogP contribution in [0.25, 0.3) is 0 Å². The van der Waals surface area contributed by atoms with E-state index in [9.17, 15) is 4.79 Å². The van der Waals surface area contributed by atoms with E-state index < -0.39 is 0 Å². The standard InChI is InChI=1S/C15H21N3O/c16-13-9-14(12-4-2-1-3-11(12)13)17-7-8-18-15(19)10-5-6-10/h1-4,10,13-14,17H,5-9,16H2,(H,18,19). The first-order chi connectivity index (χ1) is 9.25. The molecule has 19 heavy (non-hydrogen) atoms. The Morgan fingerprint density at radius 1 is 1.21 bits per heavy atom. The van der Waals surface area contributed by atoms with Gasteiger partial charge in [0.2, 0.25) is 5.91 Å². The summed E-state index contributed by atoms with van der Waals surface area (Å²) in [5.41, 5.74) is 8.69. The van der Waals surface area contributed by atoms with Crippen LogP contribution >= 0.6 is 0 Å². The number of amides is 1. The first-order valence-electron chi connectivity index (χ1n) is 7.11. The van der Waals surface area contributed by atoms with Crippen molar-refractivity contribution in [2.45, 2.75) is 31.3 Å². The van der Waals surface area contributed by atoms with E-state index in [1.807, 2.05) is 6.07 Å². The van der Waals surface area contributed by atoms with Crippen LogP contribution in [-0.2, 0) is 4.79 Å². The molecule has 0 bridgehead atoms. The van der Waals surface area contributed by atoms with Crippen LogP contribution < -0.4 is 16.4 Å². The maximum atomic E-state index is 11.5. The number of nitrogens with one attached hydrogen (secondary N) is 2. The lowest BCUT2D eigenvalue weighted by Gasteiger charge is -2.14. The second kappa shape index (κ2) is 5.31. The third kappa shape index (κ3) is 2.80. The molecule has 0 radical (unpaired) electrons. The van der Waals surface area contributed by atoms with Gasteiger partial charge in [-0.25, -0.2) is 0 Å². The molecule has 2 atom stereocenters. The molecule has 1 aromatic carbocycles. The van der Waals surface area contributed by atoms with Gasteiger partial charge in [0.25, 0.3) is 0 Å². The molecule has 0 heterocycles. The molecule has 1 aromatic rings. The number of benzene rings is 1. The van der Waals surface area contributed by atoms with Gasteiger partial charge in [-0.15, -0.1) is 0 Å². The van der Waals surface area contributed by atoms with Gasteiger partial charge in [-0.1, -0.05) is 24.3 Å². The molecular weight excluding hydrogens is 238 g/mol. The average molecular weight is 259 g/mol. The predicted molar refractivity (Wildman–Crippen MR) is 74.5 cm³/mol. The summed E-state index contributed by atoms with van der Waals surface area (Å²) in [6.07, 6.45) is 3.06. The van der Waals surface area contributed by atoms with E-state index >= 15 is 0 Å². The van der Waals surface area contributed by atoms with Crippen LogP contribution in [-0.4, -0.2) is 19.0 Å². The summed E-state index contributed by atoms with van der Waals surface area (Å²) < 4.78 is 0. The number of hydrogen-bond acceptors (Lipinski definition) is 3. The maximum absolute atomic E-state index is 11.5. The molecular formula is C15H21N3O. The van der Waals surface area contributed by atoms with E-state index in [-0.39, 0.29) is 11.9 Å². The van der Waals surface area contributed by atoms with Crippen LogP contribution in [0.5, 0.6) is 0 Å². The van der Waals surface area contributed by atoms with Gasteiger partial charge in [0.1, 0.15) is 0 Å². The zero-order valence-electron chi connectivity index (χ0n) is 11.1. The van der Waals surface area contributed by atoms with Gasteiger partial charge in [0, 0.05) is 31.1 Å². The normalized spacial score (nSPS) is 25.1. The molecule has 1 saturated carbocycles. The minimum Gasteiger partial charge on any atom is -0.355 e. The second-order valence-corrected chi connectivity index (χ2v) is 5.54. The Labute approximate surface area is 113 Å². The lowest BCUT2D eigenvalue weighted by molar-refractivity contribution is -0.122. The van der Waals surface area contributed by atoms with E-state index in [0.717, 1.165) is 25.8 Å². The molecule has 4 N–H and O–H groups in total. The van der Waals surface area contributed by atoms with Gasteiger partial charge in [-0.2, -0.15) is 0 Å². The minimum atomic E-state index is 0.134. The number of carbonyl (C=O) groups excluding carboxylic acids is 1. The Balaban J connectivity index is 1.47. The van der Waals surface area contributed by atoms with Gasteiger partial charge < -0.3 is 16.4 Å². The van der Waals surface area contributed by atoms with Crippen LogP contribution in [0, 0.1) is 5.92 Å². The van der Waals surface area contributed by atoms with Crippen molar-refractivity contribution < 1.29 is 4.79 Å². The number of fused-ring (bicyclic) bond motifs is 1. The Hall–Kier alpha value is -1.39. The number of hydrogen-bond donors (Lipinski definition) is 3. The Morgan fingerprint density at radius 3 is 2.68 bits per heavy atom. The molecule has 2 aliphatic carbocycles. The van der Waals surface area contributed by atoms with E-state index in [2.05, 4.69) is 28.8 Å². The summed E-state index contributed by atoms with van der Waals surface area (Å²) in [4.78, 5) is 11.5. The highest BCUT2D eigenvalue weighted by atomic mass is 16.2. The Morgan fingerprint density at radius 2 is 1.95 bits per heavy atom. The van der Waals surface area contributed by atoms with Crippen molar-refractivity contribution in [2.24, 2.45) is 11.7 Å². The first kappa shape index (κ1) is 12.6. The smallest absolute Gasteiger partial charge is 0.223 e. The van der Waals surface area contributed by atoms with Gasteiger partial charge in [-0.05, 0) is 30.4 Å². The molecule has 0 spiro atoms. The molecule has 0 aromatic heterocycles. The van der Waals surface area contributed by atoms with Crippen molar-refractivity contribution in [2.75, 3.05) is 13.1 Å². The van der Waals surface area contributed by atoms with E-state index in [1.54, 1.807) is 0 Å². The van der Waals surface area contributed by atoms with E-state index in [4.69, 9.17) is 5.73 Å². The zero-order chi connectivity index (χ0) is 13.2. The quantitative estimate of drug-likeness (QED) is 0.697. The number of nitrogens with two attached hydrogens (primary N) is 1. The van der Waals surface area contributed by atoms with Crippen LogP contribution in [0.15, 0.2) is 24.3 Å². The first-order valence-corrected chi connectivity index (χ1v) is 7.11. The summed E-state index contributed by atoms with van der Waals surface area (Å²) in [5, 5.41) is 6.46. The van der Waals surface area contributed by atoms with Crippen molar-refractivity contribution in [3.05, 3.63) is 35.4 Å². The average Bonchev–Trinajstić information content (AvgIpc) is 3.22. The van der Waals surface area contributed by atoms with Crippen molar-refractivity contribution in [1.29, 1.82) is 0 Å². The summed E-state index contributed by atoms with van der Waals surface area (Å²) in [6, 6.07) is 8.80. The SMILES string of the molecule is NC1CC(NCCNC(=O)C2CC2)c2ccccc21. The van der Waals surface area contributed by atoms with Crippen molar-refractivity contribution in [3.8, 4) is 0 Å². The third-order valence-electron chi connectivity index (χ3n) is 4.02. The maximum Gasteiger partial charge on any atom is 0.223 e. The highest BCUT2D eigenvalue weighted by Gasteiger charge is 2.29. The summed E-state index contributed by atoms with van der Waals surface area (Å²) in [5.74, 6) is 0.506. The zero-order valence-corrected chi connectivity index (χ0v) is 11.1. The molecule has 2 aliphatic rings. The molecule has 4 heteroatoms. The predicted octanol–water partition coefficient (Wildman–Crippen LogP) is 1.25. The van der Waals surface area contributed by atoms with E-state index in [0.29, 0.717) is 18.5 Å². The fraction of sp³-hybridized carbons (Fsp3) is 0.533. The molecule has 4 nitrogen and oxygen atoms in total. The topological polar surface area (TPSA) is 67.2 Å². The summed E-state index contributed by atoms with van der Waals surface area (Å²) >= 11 is 0. The van der Waals surface area contributed by atoms with Gasteiger partial charge in [-0.3, -0.25) is 4.79 Å². The summed E-state index contributed by atoms with van der Waals surface area (Å²) in [6.45, 7) is 1.49. The van der Waals surface area contributed by atoms with Crippen molar-refractivity contribution >= 4 is 5.91 Å². The molecule has 2 unspecified atom stereocenters. The van der Waals surface area contributed by atoms with Crippen LogP contribution in [0.1, 0.15) is 42.5 Å². The molecule has 0 aliphatic heterocycles. The fourth-order valence-electron chi connectivity index (χ4n) is 2.79.